The van der Waals surface area contributed by atoms with E-state index < -0.39 is 54.0 Å². The molecule has 0 aliphatic heterocycles. The van der Waals surface area contributed by atoms with Crippen LogP contribution in [0.4, 0.5) is 22.0 Å². The van der Waals surface area contributed by atoms with Crippen molar-refractivity contribution in [2.75, 3.05) is 6.54 Å². The van der Waals surface area contributed by atoms with E-state index in [2.05, 4.69) is 0 Å². The van der Waals surface area contributed by atoms with Gasteiger partial charge in [-0.2, -0.15) is 13.2 Å². The Hall–Kier alpha value is -2.97. The summed E-state index contributed by atoms with van der Waals surface area (Å²) >= 11 is 0. The number of ether oxygens (including phenoxy) is 1. The summed E-state index contributed by atoms with van der Waals surface area (Å²) in [5, 5.41) is 2.04. The van der Waals surface area contributed by atoms with Gasteiger partial charge >= 0.3 is 12.1 Å². The van der Waals surface area contributed by atoms with Gasteiger partial charge in [0.25, 0.3) is 5.91 Å². The lowest BCUT2D eigenvalue weighted by Crippen LogP contribution is -2.31. The number of hydrogen-bond donors (Lipinski definition) is 1. The van der Waals surface area contributed by atoms with Gasteiger partial charge in [-0.15, -0.1) is 0 Å². The lowest BCUT2D eigenvalue weighted by atomic mass is 10.1. The van der Waals surface area contributed by atoms with Gasteiger partial charge in [-0.1, -0.05) is 18.2 Å². The fourth-order valence-corrected chi connectivity index (χ4v) is 2.05. The summed E-state index contributed by atoms with van der Waals surface area (Å²) in [4.78, 5) is 23.3. The van der Waals surface area contributed by atoms with Crippen molar-refractivity contribution >= 4 is 11.9 Å². The second-order valence-electron chi connectivity index (χ2n) is 5.12. The van der Waals surface area contributed by atoms with Gasteiger partial charge in [0.15, 0.2) is 0 Å². The topological polar surface area (TPSA) is 55.4 Å². The summed E-state index contributed by atoms with van der Waals surface area (Å²) in [6.07, 6.45) is -4.60. The zero-order chi connectivity index (χ0) is 19.3. The van der Waals surface area contributed by atoms with Crippen molar-refractivity contribution in [1.29, 1.82) is 0 Å². The van der Waals surface area contributed by atoms with E-state index in [1.165, 1.54) is 12.1 Å². The fraction of sp³-hybridized carbons (Fsp3) is 0.176. The first kappa shape index (κ1) is 19.4. The summed E-state index contributed by atoms with van der Waals surface area (Å²) < 4.78 is 69.4. The Bertz CT molecular complexity index is 820. The molecule has 2 rings (SSSR count). The molecule has 0 bridgehead atoms. The molecule has 2 aromatic rings. The van der Waals surface area contributed by atoms with E-state index in [9.17, 15) is 31.5 Å². The number of halogens is 5. The predicted octanol–water partition coefficient (Wildman–Crippen LogP) is 3.46. The highest BCUT2D eigenvalue weighted by Crippen LogP contribution is 2.32. The van der Waals surface area contributed by atoms with Crippen LogP contribution < -0.4 is 5.32 Å². The fourth-order valence-electron chi connectivity index (χ4n) is 2.05. The first-order valence-corrected chi connectivity index (χ1v) is 7.22. The minimum atomic E-state index is -4.60. The van der Waals surface area contributed by atoms with E-state index >= 15 is 0 Å². The van der Waals surface area contributed by atoms with Gasteiger partial charge < -0.3 is 10.1 Å². The molecule has 0 spiro atoms. The molecule has 9 heteroatoms. The molecule has 26 heavy (non-hydrogen) atoms. The molecule has 0 fully saturated rings. The molecule has 0 saturated heterocycles. The van der Waals surface area contributed by atoms with E-state index in [1.54, 1.807) is 0 Å². The molecule has 0 saturated carbocycles. The lowest BCUT2D eigenvalue weighted by molar-refractivity contribution is -0.146. The third-order valence-electron chi connectivity index (χ3n) is 3.28. The summed E-state index contributed by atoms with van der Waals surface area (Å²) in [7, 11) is 0. The number of carbonyl (C=O) groups is 2. The van der Waals surface area contributed by atoms with Crippen molar-refractivity contribution in [3.8, 4) is 0 Å². The molecule has 138 valence electrons. The highest BCUT2D eigenvalue weighted by Gasteiger charge is 2.33. The molecule has 0 aromatic heterocycles. The monoisotopic (exact) mass is 373 g/mol. The maximum Gasteiger partial charge on any atom is 0.416 e. The number of rotatable bonds is 5. The van der Waals surface area contributed by atoms with Crippen molar-refractivity contribution in [3.63, 3.8) is 0 Å². The molecule has 1 N–H and O–H groups in total. The van der Waals surface area contributed by atoms with Gasteiger partial charge in [0.1, 0.15) is 24.8 Å². The van der Waals surface area contributed by atoms with Gasteiger partial charge in [0.2, 0.25) is 0 Å². The van der Waals surface area contributed by atoms with Crippen LogP contribution in [-0.2, 0) is 22.3 Å². The van der Waals surface area contributed by atoms with Crippen LogP contribution in [0, 0.1) is 11.6 Å². The smallest absolute Gasteiger partial charge is 0.416 e. The van der Waals surface area contributed by atoms with Crippen molar-refractivity contribution in [2.24, 2.45) is 0 Å². The van der Waals surface area contributed by atoms with E-state index in [4.69, 9.17) is 4.74 Å². The summed E-state index contributed by atoms with van der Waals surface area (Å²) in [6, 6.07) is 6.82. The van der Waals surface area contributed by atoms with Gasteiger partial charge in [0, 0.05) is 11.6 Å². The van der Waals surface area contributed by atoms with E-state index in [-0.39, 0.29) is 5.56 Å². The first-order chi connectivity index (χ1) is 12.2. The zero-order valence-electron chi connectivity index (χ0n) is 13.1. The second kappa shape index (κ2) is 7.94. The Morgan fingerprint density at radius 1 is 1.04 bits per heavy atom. The predicted molar refractivity (Wildman–Crippen MR) is 79.9 cm³/mol. The first-order valence-electron chi connectivity index (χ1n) is 7.22. The minimum absolute atomic E-state index is 0.246. The summed E-state index contributed by atoms with van der Waals surface area (Å²) in [5.74, 6) is -4.00. The molecular formula is C17H12F5NO3. The van der Waals surface area contributed by atoms with Crippen LogP contribution in [0.2, 0.25) is 0 Å². The van der Waals surface area contributed by atoms with Crippen molar-refractivity contribution in [2.45, 2.75) is 12.8 Å². The largest absolute Gasteiger partial charge is 0.459 e. The Morgan fingerprint density at radius 2 is 1.73 bits per heavy atom. The number of alkyl halides is 3. The molecular weight excluding hydrogens is 361 g/mol. The van der Waals surface area contributed by atoms with Crippen LogP contribution in [0.3, 0.4) is 0 Å². The van der Waals surface area contributed by atoms with Gasteiger partial charge in [0.05, 0.1) is 11.1 Å². The van der Waals surface area contributed by atoms with Crippen LogP contribution in [-0.4, -0.2) is 18.4 Å². The average molecular weight is 373 g/mol. The number of nitrogens with one attached hydrogen (secondary N) is 1. The highest BCUT2D eigenvalue weighted by molar-refractivity contribution is 5.96. The Labute approximate surface area is 144 Å². The summed E-state index contributed by atoms with van der Waals surface area (Å²) in [6.45, 7) is -1.33. The molecule has 4 nitrogen and oxygen atoms in total. The van der Waals surface area contributed by atoms with Gasteiger partial charge in [-0.3, -0.25) is 9.59 Å². The molecule has 0 aliphatic rings. The molecule has 0 unspecified atom stereocenters. The van der Waals surface area contributed by atoms with E-state index in [0.29, 0.717) is 6.07 Å². The van der Waals surface area contributed by atoms with Crippen LogP contribution in [0.5, 0.6) is 0 Å². The highest BCUT2D eigenvalue weighted by atomic mass is 19.4. The molecule has 0 radical (unpaired) electrons. The van der Waals surface area contributed by atoms with Crippen LogP contribution >= 0.6 is 0 Å². The minimum Gasteiger partial charge on any atom is -0.459 e. The molecule has 1 amide bonds. The molecule has 0 aliphatic carbocycles. The van der Waals surface area contributed by atoms with E-state index in [1.807, 2.05) is 5.32 Å². The van der Waals surface area contributed by atoms with Gasteiger partial charge in [-0.05, 0) is 18.2 Å². The second-order valence-corrected chi connectivity index (χ2v) is 5.12. The zero-order valence-corrected chi connectivity index (χ0v) is 13.1. The Morgan fingerprint density at radius 3 is 2.38 bits per heavy atom. The van der Waals surface area contributed by atoms with Crippen LogP contribution in [0.25, 0.3) is 0 Å². The molecule has 0 heterocycles. The number of benzene rings is 2. The van der Waals surface area contributed by atoms with Crippen molar-refractivity contribution < 1.29 is 36.3 Å². The Kier molecular flexibility index (Phi) is 5.91. The SMILES string of the molecule is O=C(CNC(=O)c1ccc(F)cc1F)OCc1ccccc1C(F)(F)F. The van der Waals surface area contributed by atoms with Crippen molar-refractivity contribution in [1.82, 2.24) is 5.32 Å². The third-order valence-corrected chi connectivity index (χ3v) is 3.28. The Balaban J connectivity index is 1.91. The quantitative estimate of drug-likeness (QED) is 0.645. The number of amides is 1. The maximum absolute atomic E-state index is 13.4. The molecule has 2 aromatic carbocycles. The average Bonchev–Trinajstić information content (AvgIpc) is 2.57. The lowest BCUT2D eigenvalue weighted by Gasteiger charge is -2.13. The number of hydrogen-bond acceptors (Lipinski definition) is 3. The van der Waals surface area contributed by atoms with E-state index in [0.717, 1.165) is 24.3 Å². The van der Waals surface area contributed by atoms with Crippen molar-refractivity contribution in [3.05, 3.63) is 70.8 Å². The standard InChI is InChI=1S/C17H12F5NO3/c18-11-5-6-12(14(19)7-11)16(25)23-8-15(24)26-9-10-3-1-2-4-13(10)17(20,21)22/h1-7H,8-9H2,(H,23,25). The third kappa shape index (κ3) is 5.01. The number of carbonyl (C=O) groups excluding carboxylic acids is 2. The van der Waals surface area contributed by atoms with Gasteiger partial charge in [-0.25, -0.2) is 8.78 Å². The number of esters is 1. The van der Waals surface area contributed by atoms with Crippen LogP contribution in [0.1, 0.15) is 21.5 Å². The molecule has 0 atom stereocenters. The summed E-state index contributed by atoms with van der Waals surface area (Å²) in [5.41, 5.74) is -1.67. The van der Waals surface area contributed by atoms with Crippen LogP contribution in [0.15, 0.2) is 42.5 Å². The maximum atomic E-state index is 13.4. The normalized spacial score (nSPS) is 11.1.